The molecule has 0 saturated carbocycles. The predicted molar refractivity (Wildman–Crippen MR) is 110 cm³/mol. The Labute approximate surface area is 167 Å². The number of pyridine rings is 1. The normalized spacial score (nSPS) is 10.8. The third-order valence-electron chi connectivity index (χ3n) is 4.72. The highest BCUT2D eigenvalue weighted by Crippen LogP contribution is 2.20. The zero-order valence-corrected chi connectivity index (χ0v) is 15.9. The minimum atomic E-state index is -0.274. The van der Waals surface area contributed by atoms with E-state index in [1.807, 2.05) is 36.4 Å². The fraction of sp³-hybridized carbons (Fsp3) is 0.130. The highest BCUT2D eigenvalue weighted by atomic mass is 16.5. The van der Waals surface area contributed by atoms with Gasteiger partial charge in [0.15, 0.2) is 5.76 Å². The fourth-order valence-corrected chi connectivity index (χ4v) is 3.24. The third-order valence-corrected chi connectivity index (χ3v) is 4.72. The number of aromatic amines is 1. The Hall–Kier alpha value is -3.80. The summed E-state index contributed by atoms with van der Waals surface area (Å²) in [5, 5.41) is 0.837. The zero-order valence-electron chi connectivity index (χ0n) is 15.9. The quantitative estimate of drug-likeness (QED) is 0.542. The maximum Gasteiger partial charge on any atom is 0.290 e. The molecular weight excluding hydrogens is 368 g/mol. The van der Waals surface area contributed by atoms with Gasteiger partial charge in [0.2, 0.25) is 0 Å². The first-order valence-electron chi connectivity index (χ1n) is 9.21. The Morgan fingerprint density at radius 3 is 2.59 bits per heavy atom. The number of hydrogen-bond donors (Lipinski definition) is 1. The molecule has 146 valence electrons. The molecule has 2 aromatic heterocycles. The minimum Gasteiger partial charge on any atom is -0.497 e. The number of ether oxygens (including phenoxy) is 1. The second kappa shape index (κ2) is 8.06. The highest BCUT2D eigenvalue weighted by molar-refractivity contribution is 5.91. The van der Waals surface area contributed by atoms with Crippen LogP contribution in [0.1, 0.15) is 21.7 Å². The molecule has 2 aromatic carbocycles. The number of H-pyrrole nitrogens is 1. The first-order chi connectivity index (χ1) is 14.1. The van der Waals surface area contributed by atoms with Gasteiger partial charge in [0.05, 0.1) is 19.9 Å². The molecule has 0 bridgehead atoms. The lowest BCUT2D eigenvalue weighted by molar-refractivity contribution is 0.0697. The van der Waals surface area contributed by atoms with Crippen LogP contribution in [-0.2, 0) is 13.1 Å². The monoisotopic (exact) mass is 388 g/mol. The highest BCUT2D eigenvalue weighted by Gasteiger charge is 2.20. The van der Waals surface area contributed by atoms with Crippen LogP contribution in [-0.4, -0.2) is 22.9 Å². The minimum absolute atomic E-state index is 0.150. The third kappa shape index (κ3) is 4.06. The van der Waals surface area contributed by atoms with Crippen LogP contribution in [0.25, 0.3) is 10.9 Å². The number of hydrogen-bond acceptors (Lipinski definition) is 4. The van der Waals surface area contributed by atoms with Crippen molar-refractivity contribution in [3.63, 3.8) is 0 Å². The van der Waals surface area contributed by atoms with E-state index in [0.717, 1.165) is 10.9 Å². The van der Waals surface area contributed by atoms with Crippen LogP contribution in [0, 0.1) is 0 Å². The molecule has 0 aliphatic rings. The number of fused-ring (bicyclic) bond motifs is 1. The Kier molecular flexibility index (Phi) is 5.16. The summed E-state index contributed by atoms with van der Waals surface area (Å²) in [5.74, 6) is 0.659. The zero-order chi connectivity index (χ0) is 20.2. The van der Waals surface area contributed by atoms with Crippen LogP contribution < -0.4 is 10.3 Å². The van der Waals surface area contributed by atoms with Crippen LogP contribution >= 0.6 is 0 Å². The van der Waals surface area contributed by atoms with Crippen molar-refractivity contribution in [3.8, 4) is 5.75 Å². The number of amides is 1. The van der Waals surface area contributed by atoms with Crippen molar-refractivity contribution in [3.05, 3.63) is 100 Å². The molecule has 6 nitrogen and oxygen atoms in total. The second-order valence-electron chi connectivity index (χ2n) is 6.70. The lowest BCUT2D eigenvalue weighted by atomic mass is 10.1. The second-order valence-corrected chi connectivity index (χ2v) is 6.70. The number of aromatic nitrogens is 1. The molecule has 0 aliphatic carbocycles. The smallest absolute Gasteiger partial charge is 0.290 e. The predicted octanol–water partition coefficient (Wildman–Crippen LogP) is 3.97. The molecule has 0 unspecified atom stereocenters. The molecule has 0 atom stereocenters. The van der Waals surface area contributed by atoms with Crippen LogP contribution in [0.5, 0.6) is 5.75 Å². The van der Waals surface area contributed by atoms with Crippen molar-refractivity contribution in [2.45, 2.75) is 13.1 Å². The van der Waals surface area contributed by atoms with Crippen LogP contribution in [0.2, 0.25) is 0 Å². The SMILES string of the molecule is COc1ccc2[nH]c(=O)c(CN(Cc3ccccc3)C(=O)c3ccco3)cc2c1. The summed E-state index contributed by atoms with van der Waals surface area (Å²) in [6.45, 7) is 0.507. The number of carbonyl (C=O) groups excluding carboxylic acids is 1. The average Bonchev–Trinajstić information content (AvgIpc) is 3.28. The topological polar surface area (TPSA) is 75.5 Å². The summed E-state index contributed by atoms with van der Waals surface area (Å²) in [6, 6.07) is 20.2. The molecule has 0 saturated heterocycles. The van der Waals surface area contributed by atoms with Gasteiger partial charge in [-0.3, -0.25) is 9.59 Å². The maximum absolute atomic E-state index is 13.0. The number of rotatable bonds is 6. The molecule has 0 radical (unpaired) electrons. The van der Waals surface area contributed by atoms with Crippen molar-refractivity contribution in [2.75, 3.05) is 7.11 Å². The van der Waals surface area contributed by atoms with Crippen molar-refractivity contribution in [1.29, 1.82) is 0 Å². The van der Waals surface area contributed by atoms with Crippen molar-refractivity contribution in [1.82, 2.24) is 9.88 Å². The molecule has 2 heterocycles. The lowest BCUT2D eigenvalue weighted by Crippen LogP contribution is -2.32. The van der Waals surface area contributed by atoms with Gasteiger partial charge in [0, 0.05) is 23.0 Å². The summed E-state index contributed by atoms with van der Waals surface area (Å²) in [7, 11) is 1.59. The van der Waals surface area contributed by atoms with Crippen LogP contribution in [0.15, 0.2) is 82.2 Å². The molecule has 29 heavy (non-hydrogen) atoms. The van der Waals surface area contributed by atoms with E-state index in [9.17, 15) is 9.59 Å². The van der Waals surface area contributed by atoms with Gasteiger partial charge in [-0.1, -0.05) is 30.3 Å². The first-order valence-corrected chi connectivity index (χ1v) is 9.21. The van der Waals surface area contributed by atoms with E-state index in [0.29, 0.717) is 23.4 Å². The number of methoxy groups -OCH3 is 1. The summed E-state index contributed by atoms with van der Waals surface area (Å²) < 4.78 is 10.6. The van der Waals surface area contributed by atoms with E-state index in [2.05, 4.69) is 4.98 Å². The molecule has 0 spiro atoms. The van der Waals surface area contributed by atoms with Gasteiger partial charge in [-0.25, -0.2) is 0 Å². The van der Waals surface area contributed by atoms with Crippen LogP contribution in [0.3, 0.4) is 0 Å². The number of furan rings is 1. The molecule has 0 aliphatic heterocycles. The summed E-state index contributed by atoms with van der Waals surface area (Å²) >= 11 is 0. The van der Waals surface area contributed by atoms with Crippen molar-refractivity contribution < 1.29 is 13.9 Å². The van der Waals surface area contributed by atoms with E-state index >= 15 is 0 Å². The molecule has 4 aromatic rings. The number of carbonyl (C=O) groups is 1. The van der Waals surface area contributed by atoms with Gasteiger partial charge in [-0.15, -0.1) is 0 Å². The Morgan fingerprint density at radius 2 is 1.86 bits per heavy atom. The Morgan fingerprint density at radius 1 is 1.03 bits per heavy atom. The summed E-state index contributed by atoms with van der Waals surface area (Å²) in [4.78, 5) is 30.1. The maximum atomic E-state index is 13.0. The van der Waals surface area contributed by atoms with E-state index in [-0.39, 0.29) is 23.8 Å². The molecule has 1 N–H and O–H groups in total. The van der Waals surface area contributed by atoms with E-state index < -0.39 is 0 Å². The molecule has 4 rings (SSSR count). The van der Waals surface area contributed by atoms with Gasteiger partial charge >= 0.3 is 0 Å². The standard InChI is InChI=1S/C23H20N2O4/c1-28-19-9-10-20-17(13-19)12-18(22(26)24-20)15-25(14-16-6-3-2-4-7-16)23(27)21-8-5-11-29-21/h2-13H,14-15H2,1H3,(H,24,26). The van der Waals surface area contributed by atoms with Crippen LogP contribution in [0.4, 0.5) is 0 Å². The average molecular weight is 388 g/mol. The summed E-state index contributed by atoms with van der Waals surface area (Å²) in [5.41, 5.74) is 1.94. The van der Waals surface area contributed by atoms with Gasteiger partial charge in [-0.05, 0) is 42.0 Å². The molecule has 6 heteroatoms. The number of nitrogens with one attached hydrogen (secondary N) is 1. The van der Waals surface area contributed by atoms with E-state index in [4.69, 9.17) is 9.15 Å². The molecular formula is C23H20N2O4. The number of benzene rings is 2. The fourth-order valence-electron chi connectivity index (χ4n) is 3.24. The number of nitrogens with zero attached hydrogens (tertiary/aromatic N) is 1. The van der Waals surface area contributed by atoms with Gasteiger partial charge in [-0.2, -0.15) is 0 Å². The van der Waals surface area contributed by atoms with Crippen molar-refractivity contribution in [2.24, 2.45) is 0 Å². The van der Waals surface area contributed by atoms with Gasteiger partial charge in [0.1, 0.15) is 5.75 Å². The molecule has 0 fully saturated rings. The lowest BCUT2D eigenvalue weighted by Gasteiger charge is -2.22. The Bertz CT molecular complexity index is 1180. The Balaban J connectivity index is 1.70. The van der Waals surface area contributed by atoms with Gasteiger partial charge in [0.25, 0.3) is 11.5 Å². The van der Waals surface area contributed by atoms with E-state index in [1.165, 1.54) is 6.26 Å². The molecule has 1 amide bonds. The first kappa shape index (κ1) is 18.6. The largest absolute Gasteiger partial charge is 0.497 e. The van der Waals surface area contributed by atoms with Crippen molar-refractivity contribution >= 4 is 16.8 Å². The van der Waals surface area contributed by atoms with Gasteiger partial charge < -0.3 is 19.0 Å². The summed E-state index contributed by atoms with van der Waals surface area (Å²) in [6.07, 6.45) is 1.46. The van der Waals surface area contributed by atoms with E-state index in [1.54, 1.807) is 42.3 Å².